The summed E-state index contributed by atoms with van der Waals surface area (Å²) in [6.45, 7) is 7.90. The second-order valence-corrected chi connectivity index (χ2v) is 17.9. The zero-order chi connectivity index (χ0) is 49.1. The van der Waals surface area contributed by atoms with Gasteiger partial charge in [0.25, 0.3) is 5.91 Å². The number of Topliss-reactive ketones (excluding diaryl/α,β-unsaturated/α-hetero) is 3. The highest BCUT2D eigenvalue weighted by Crippen LogP contribution is 2.46. The molecule has 0 spiro atoms. The number of nitrogens with zero attached hydrogens (tertiary/aromatic N) is 1. The summed E-state index contributed by atoms with van der Waals surface area (Å²) < 4.78 is 34.2. The maximum atomic E-state index is 15.5. The molecule has 6 N–H and O–H groups in total. The molecule has 2 aliphatic carbocycles. The average molecular weight is 939 g/mol. The van der Waals surface area contributed by atoms with Crippen LogP contribution in [0.15, 0.2) is 70.7 Å². The Morgan fingerprint density at radius 1 is 1.03 bits per heavy atom. The Labute approximate surface area is 390 Å². The highest BCUT2D eigenvalue weighted by Gasteiger charge is 2.47. The van der Waals surface area contributed by atoms with Crippen molar-refractivity contribution in [1.82, 2.24) is 15.2 Å². The van der Waals surface area contributed by atoms with Gasteiger partial charge in [0.15, 0.2) is 0 Å². The molecular weight excluding hydrogens is 884 g/mol. The van der Waals surface area contributed by atoms with Gasteiger partial charge in [0.2, 0.25) is 22.8 Å². The predicted octanol–water partition coefficient (Wildman–Crippen LogP) is 6.59. The van der Waals surface area contributed by atoms with E-state index in [-0.39, 0.29) is 70.6 Å². The van der Waals surface area contributed by atoms with E-state index in [2.05, 4.69) is 16.0 Å². The number of ether oxygens (including phenoxy) is 3. The average Bonchev–Trinajstić information content (AvgIpc) is 4.08. The number of carbonyl (C=O) groups is 6. The van der Waals surface area contributed by atoms with Crippen LogP contribution < -0.4 is 26.1 Å². The number of pyridine rings is 1. The fraction of sp³-hybridized carbons (Fsp3) is 0.420. The van der Waals surface area contributed by atoms with Crippen LogP contribution in [0, 0.1) is 18.7 Å². The van der Waals surface area contributed by atoms with E-state index in [0.717, 1.165) is 18.9 Å². The number of phenolic OH excluding ortho intramolecular Hbond substituents is 1. The van der Waals surface area contributed by atoms with Crippen molar-refractivity contribution < 1.29 is 62.7 Å². The summed E-state index contributed by atoms with van der Waals surface area (Å²) >= 11 is 0. The smallest absolute Gasteiger partial charge is 0.341 e. The van der Waals surface area contributed by atoms with Crippen molar-refractivity contribution in [2.45, 2.75) is 123 Å². The Kier molecular flexibility index (Phi) is 14.7. The maximum Gasteiger partial charge on any atom is 0.341 e. The van der Waals surface area contributed by atoms with Crippen LogP contribution in [0.4, 0.5) is 10.1 Å². The number of aromatic nitrogens is 1. The van der Waals surface area contributed by atoms with Gasteiger partial charge in [-0.05, 0) is 96.3 Å². The lowest BCUT2D eigenvalue weighted by molar-refractivity contribution is -0.148. The molecule has 8 rings (SSSR count). The molecule has 1 fully saturated rings. The molecule has 1 amide bonds. The van der Waals surface area contributed by atoms with Crippen molar-refractivity contribution in [2.75, 3.05) is 11.9 Å². The molecule has 0 radical (unpaired) electrons. The third kappa shape index (κ3) is 10.4. The number of rotatable bonds is 9. The van der Waals surface area contributed by atoms with Crippen LogP contribution in [0.25, 0.3) is 10.9 Å². The Morgan fingerprint density at radius 2 is 1.78 bits per heavy atom. The van der Waals surface area contributed by atoms with E-state index in [1.165, 1.54) is 45.4 Å². The van der Waals surface area contributed by atoms with Gasteiger partial charge in [-0.25, -0.2) is 9.18 Å². The number of carbonyl (C=O) groups excluding carboxylic acids is 5. The highest BCUT2D eigenvalue weighted by molar-refractivity contribution is 6.32. The molecule has 0 saturated heterocycles. The van der Waals surface area contributed by atoms with Crippen LogP contribution in [-0.2, 0) is 19.1 Å². The number of hydrogen-bond donors (Lipinski definition) is 6. The van der Waals surface area contributed by atoms with Gasteiger partial charge in [-0.1, -0.05) is 25.2 Å². The Morgan fingerprint density at radius 3 is 2.49 bits per heavy atom. The number of aromatic hydroxyl groups is 1. The first-order chi connectivity index (χ1) is 32.4. The molecule has 18 heteroatoms. The summed E-state index contributed by atoms with van der Waals surface area (Å²) in [5, 5.41) is 40.4. The normalized spacial score (nSPS) is 23.7. The number of esters is 1. The van der Waals surface area contributed by atoms with Gasteiger partial charge in [0, 0.05) is 54.7 Å². The minimum Gasteiger partial charge on any atom is -0.507 e. The van der Waals surface area contributed by atoms with E-state index in [1.807, 2.05) is 13.0 Å². The number of carboxylic acids is 1. The van der Waals surface area contributed by atoms with Crippen molar-refractivity contribution in [2.24, 2.45) is 5.92 Å². The molecule has 2 aromatic carbocycles. The number of ketones is 3. The van der Waals surface area contributed by atoms with Gasteiger partial charge in [-0.2, -0.15) is 0 Å². The Hall–Kier alpha value is -7.08. The van der Waals surface area contributed by atoms with E-state index in [0.29, 0.717) is 37.6 Å². The molecule has 1 saturated carbocycles. The van der Waals surface area contributed by atoms with Crippen molar-refractivity contribution >= 4 is 51.8 Å². The molecule has 360 valence electrons. The van der Waals surface area contributed by atoms with Crippen molar-refractivity contribution in [3.8, 4) is 11.5 Å². The quantitative estimate of drug-likeness (QED) is 0.124. The fourth-order valence-electron chi connectivity index (χ4n) is 8.59. The predicted molar refractivity (Wildman–Crippen MR) is 246 cm³/mol. The number of fused-ring (bicyclic) bond motifs is 16. The van der Waals surface area contributed by atoms with Crippen LogP contribution in [0.1, 0.15) is 139 Å². The van der Waals surface area contributed by atoms with Gasteiger partial charge in [0.05, 0.1) is 40.3 Å². The first-order valence-electron chi connectivity index (χ1n) is 22.7. The third-order valence-corrected chi connectivity index (χ3v) is 12.5. The second kappa shape index (κ2) is 20.4. The summed E-state index contributed by atoms with van der Waals surface area (Å²) in [7, 11) is 0. The number of nitrogens with one attached hydrogen (secondary N) is 3. The van der Waals surface area contributed by atoms with E-state index < -0.39 is 99.1 Å². The van der Waals surface area contributed by atoms with Crippen LogP contribution in [-0.4, -0.2) is 86.2 Å². The van der Waals surface area contributed by atoms with E-state index in [9.17, 15) is 48.9 Å². The van der Waals surface area contributed by atoms with Crippen molar-refractivity contribution in [3.05, 3.63) is 110 Å². The number of carboxylic acid groups (broad SMARTS) is 1. The molecule has 5 unspecified atom stereocenters. The molecule has 5 bridgehead atoms. The second-order valence-electron chi connectivity index (χ2n) is 17.9. The standard InChI is InChI=1S/C50H55FN4O13/c1-24-10-9-11-25(2)48(63)54-41-40(53-26(3)17-18-52-35-22-36-32(21-34(35)51)43(59)33(49(64)65)23-55(36)29-14-15-29)44(60)37-38(45(41)61)42(58)27(4)47-39(37)46(62)50(68-47)66-19-8-6-7-12-31(67-28(5)56)20-30(57)16-13-24/h8-11,19,21-24,26,29-31,50,52-53,57-58H,6-7,12-18,20H2,1-5H3,(H,54,63)(H,64,65)/b10-9+,19-8+,25-11-. The molecule has 4 heterocycles. The van der Waals surface area contributed by atoms with Crippen LogP contribution in [0.5, 0.6) is 11.5 Å². The molecule has 3 aromatic rings. The summed E-state index contributed by atoms with van der Waals surface area (Å²) in [6, 6.07) is 1.74. The third-order valence-electron chi connectivity index (χ3n) is 12.5. The van der Waals surface area contributed by atoms with Gasteiger partial charge in [-0.15, -0.1) is 0 Å². The molecule has 5 atom stereocenters. The van der Waals surface area contributed by atoms with Crippen molar-refractivity contribution in [1.29, 1.82) is 0 Å². The summed E-state index contributed by atoms with van der Waals surface area (Å²) in [5.41, 5.74) is -2.84. The minimum absolute atomic E-state index is 0.0160. The molecule has 1 aromatic heterocycles. The van der Waals surface area contributed by atoms with Crippen LogP contribution in [0.3, 0.4) is 0 Å². The number of benzene rings is 2. The van der Waals surface area contributed by atoms with Crippen LogP contribution >= 0.6 is 0 Å². The number of aliphatic hydroxyl groups excluding tert-OH is 1. The first kappa shape index (κ1) is 48.8. The zero-order valence-electron chi connectivity index (χ0n) is 38.4. The summed E-state index contributed by atoms with van der Waals surface area (Å²) in [4.78, 5) is 93.8. The number of hydrogen-bond acceptors (Lipinski definition) is 14. The first-order valence-corrected chi connectivity index (χ1v) is 22.7. The van der Waals surface area contributed by atoms with E-state index in [4.69, 9.17) is 14.2 Å². The van der Waals surface area contributed by atoms with Gasteiger partial charge in [-0.3, -0.25) is 28.8 Å². The zero-order valence-corrected chi connectivity index (χ0v) is 38.4. The number of halogens is 1. The van der Waals surface area contributed by atoms with Gasteiger partial charge < -0.3 is 50.0 Å². The number of amides is 1. The topological polar surface area (TPSA) is 249 Å². The minimum atomic E-state index is -1.59. The van der Waals surface area contributed by atoms with Gasteiger partial charge >= 0.3 is 18.2 Å². The highest BCUT2D eigenvalue weighted by atomic mass is 19.1. The summed E-state index contributed by atoms with van der Waals surface area (Å²) in [6.07, 6.45) is 10.7. The SMILES string of the molecule is CC(=O)OC1CCC/C=C/OC2Oc3c(C)c(O)c4c(c3C2=O)C(=O)C(NC(C)CCNc2cc3c(cc2F)c(=O)c(C(=O)O)cn3C2CC2)=C(NC(=O)/C(C)=C\C=C\C(C)CCC(O)C1)C4=O. The largest absolute Gasteiger partial charge is 0.507 e. The maximum absolute atomic E-state index is 15.5. The number of phenols is 1. The number of allylic oxidation sites excluding steroid dienone is 6. The number of aliphatic hydroxyl groups is 1. The Balaban J connectivity index is 1.18. The lowest BCUT2D eigenvalue weighted by Crippen LogP contribution is -2.42. The fourth-order valence-corrected chi connectivity index (χ4v) is 8.59. The number of aromatic carboxylic acids is 1. The lowest BCUT2D eigenvalue weighted by atomic mass is 9.83. The Bertz CT molecular complexity index is 2780. The summed E-state index contributed by atoms with van der Waals surface area (Å²) in [5.74, 6) is -6.91. The molecule has 3 aliphatic heterocycles. The molecular formula is C50H55FN4O13. The van der Waals surface area contributed by atoms with E-state index in [1.54, 1.807) is 23.6 Å². The van der Waals surface area contributed by atoms with E-state index >= 15 is 4.39 Å². The number of anilines is 1. The lowest BCUT2D eigenvalue weighted by Gasteiger charge is -2.27. The molecule has 68 heavy (non-hydrogen) atoms. The van der Waals surface area contributed by atoms with Gasteiger partial charge in [0.1, 0.15) is 40.4 Å². The molecule has 5 aliphatic rings. The monoisotopic (exact) mass is 938 g/mol. The van der Waals surface area contributed by atoms with Crippen LogP contribution in [0.2, 0.25) is 0 Å². The molecule has 17 nitrogen and oxygen atoms in total. The van der Waals surface area contributed by atoms with Crippen molar-refractivity contribution in [3.63, 3.8) is 0 Å².